The Hall–Kier alpha value is -2.11. The molecule has 0 saturated carbocycles. The van der Waals surface area contributed by atoms with Crippen molar-refractivity contribution in [1.29, 1.82) is 0 Å². The number of pyridine rings is 1. The van der Waals surface area contributed by atoms with E-state index in [0.717, 1.165) is 6.42 Å². The molecule has 0 spiro atoms. The Balaban J connectivity index is 1.71. The van der Waals surface area contributed by atoms with Crippen molar-refractivity contribution in [2.24, 2.45) is 0 Å². The Bertz CT molecular complexity index is 464. The van der Waals surface area contributed by atoms with Crippen LogP contribution >= 0.6 is 0 Å². The largest absolute Gasteiger partial charge is 0.492 e. The number of aliphatic carboxylic acids is 1. The second kappa shape index (κ2) is 6.88. The Labute approximate surface area is 117 Å². The van der Waals surface area contributed by atoms with E-state index in [4.69, 9.17) is 9.84 Å². The molecule has 1 amide bonds. The van der Waals surface area contributed by atoms with E-state index in [-0.39, 0.29) is 5.91 Å². The van der Waals surface area contributed by atoms with E-state index in [0.29, 0.717) is 38.2 Å². The highest BCUT2D eigenvalue weighted by Crippen LogP contribution is 2.19. The molecule has 2 rings (SSSR count). The maximum absolute atomic E-state index is 12.0. The number of aromatic nitrogens is 1. The van der Waals surface area contributed by atoms with Crippen molar-refractivity contribution in [3.05, 3.63) is 24.5 Å². The molecule has 0 radical (unpaired) electrons. The van der Waals surface area contributed by atoms with Crippen LogP contribution in [-0.2, 0) is 9.59 Å². The molecule has 1 fully saturated rings. The SMILES string of the molecule is O=C(O)[C@H]1CCCN1C(=O)CCCOc1cccnc1. The zero-order valence-corrected chi connectivity index (χ0v) is 11.2. The number of hydrogen-bond acceptors (Lipinski definition) is 4. The van der Waals surface area contributed by atoms with Gasteiger partial charge < -0.3 is 14.7 Å². The van der Waals surface area contributed by atoms with Gasteiger partial charge in [0.2, 0.25) is 5.91 Å². The summed E-state index contributed by atoms with van der Waals surface area (Å²) in [4.78, 5) is 28.4. The molecule has 108 valence electrons. The highest BCUT2D eigenvalue weighted by atomic mass is 16.5. The predicted molar refractivity (Wildman–Crippen MR) is 71.3 cm³/mol. The quantitative estimate of drug-likeness (QED) is 0.794. The van der Waals surface area contributed by atoms with Crippen molar-refractivity contribution in [2.45, 2.75) is 31.7 Å². The van der Waals surface area contributed by atoms with Crippen LogP contribution in [0.1, 0.15) is 25.7 Å². The van der Waals surface area contributed by atoms with Gasteiger partial charge in [-0.3, -0.25) is 9.78 Å². The Morgan fingerprint density at radius 3 is 3.05 bits per heavy atom. The van der Waals surface area contributed by atoms with Gasteiger partial charge in [0.15, 0.2) is 0 Å². The number of likely N-dealkylation sites (tertiary alicyclic amines) is 1. The van der Waals surface area contributed by atoms with E-state index < -0.39 is 12.0 Å². The molecule has 0 aromatic carbocycles. The van der Waals surface area contributed by atoms with Crippen LogP contribution in [-0.4, -0.2) is 46.1 Å². The third-order valence-electron chi connectivity index (χ3n) is 3.30. The fourth-order valence-corrected chi connectivity index (χ4v) is 2.31. The summed E-state index contributed by atoms with van der Waals surface area (Å²) in [7, 11) is 0. The number of carbonyl (C=O) groups excluding carboxylic acids is 1. The first-order valence-corrected chi connectivity index (χ1v) is 6.73. The molecule has 6 heteroatoms. The van der Waals surface area contributed by atoms with E-state index in [1.165, 1.54) is 4.90 Å². The van der Waals surface area contributed by atoms with Crippen LogP contribution in [0.15, 0.2) is 24.5 Å². The number of rotatable bonds is 6. The Morgan fingerprint density at radius 2 is 2.35 bits per heavy atom. The molecule has 6 nitrogen and oxygen atoms in total. The van der Waals surface area contributed by atoms with Crippen molar-refractivity contribution in [2.75, 3.05) is 13.2 Å². The monoisotopic (exact) mass is 278 g/mol. The molecule has 1 aliphatic heterocycles. The van der Waals surface area contributed by atoms with Crippen LogP contribution in [0.2, 0.25) is 0 Å². The van der Waals surface area contributed by atoms with E-state index >= 15 is 0 Å². The lowest BCUT2D eigenvalue weighted by molar-refractivity contribution is -0.148. The molecule has 2 heterocycles. The minimum atomic E-state index is -0.914. The molecule has 0 aliphatic carbocycles. The van der Waals surface area contributed by atoms with Gasteiger partial charge in [0.25, 0.3) is 0 Å². The van der Waals surface area contributed by atoms with Gasteiger partial charge >= 0.3 is 5.97 Å². The number of hydrogen-bond donors (Lipinski definition) is 1. The normalized spacial score (nSPS) is 18.0. The molecule has 1 aliphatic rings. The zero-order valence-electron chi connectivity index (χ0n) is 11.2. The smallest absolute Gasteiger partial charge is 0.326 e. The second-order valence-corrected chi connectivity index (χ2v) is 4.72. The molecular formula is C14H18N2O4. The molecule has 1 aromatic rings. The Kier molecular flexibility index (Phi) is 4.92. The average Bonchev–Trinajstić information content (AvgIpc) is 2.94. The van der Waals surface area contributed by atoms with Gasteiger partial charge in [-0.15, -0.1) is 0 Å². The first kappa shape index (κ1) is 14.3. The molecule has 0 bridgehead atoms. The summed E-state index contributed by atoms with van der Waals surface area (Å²) in [5.41, 5.74) is 0. The number of carboxylic acids is 1. The number of nitrogens with zero attached hydrogens (tertiary/aromatic N) is 2. The van der Waals surface area contributed by atoms with Crippen molar-refractivity contribution < 1.29 is 19.4 Å². The van der Waals surface area contributed by atoms with Gasteiger partial charge in [0.1, 0.15) is 11.8 Å². The first-order chi connectivity index (χ1) is 9.68. The molecule has 0 unspecified atom stereocenters. The summed E-state index contributed by atoms with van der Waals surface area (Å²) in [6.07, 6.45) is 5.46. The van der Waals surface area contributed by atoms with Crippen molar-refractivity contribution in [3.8, 4) is 5.75 Å². The van der Waals surface area contributed by atoms with Crippen molar-refractivity contribution in [1.82, 2.24) is 9.88 Å². The number of ether oxygens (including phenoxy) is 1. The summed E-state index contributed by atoms with van der Waals surface area (Å²) in [6.45, 7) is 0.961. The van der Waals surface area contributed by atoms with Gasteiger partial charge in [-0.2, -0.15) is 0 Å². The van der Waals surface area contributed by atoms with E-state index in [1.807, 2.05) is 0 Å². The molecule has 1 atom stereocenters. The van der Waals surface area contributed by atoms with Gasteiger partial charge in [-0.05, 0) is 31.4 Å². The molecule has 20 heavy (non-hydrogen) atoms. The standard InChI is InChI=1S/C14H18N2O4/c17-13(16-8-2-5-12(16)14(18)19)6-3-9-20-11-4-1-7-15-10-11/h1,4,7,10,12H,2-3,5-6,8-9H2,(H,18,19)/t12-/m1/s1. The highest BCUT2D eigenvalue weighted by molar-refractivity contribution is 5.84. The first-order valence-electron chi connectivity index (χ1n) is 6.73. The number of carboxylic acid groups (broad SMARTS) is 1. The van der Waals surface area contributed by atoms with Crippen molar-refractivity contribution >= 4 is 11.9 Å². The third kappa shape index (κ3) is 3.69. The molecule has 1 N–H and O–H groups in total. The third-order valence-corrected chi connectivity index (χ3v) is 3.30. The lowest BCUT2D eigenvalue weighted by atomic mass is 10.2. The van der Waals surface area contributed by atoms with Gasteiger partial charge in [0.05, 0.1) is 12.8 Å². The van der Waals surface area contributed by atoms with Gasteiger partial charge in [-0.25, -0.2) is 4.79 Å². The fraction of sp³-hybridized carbons (Fsp3) is 0.500. The number of amides is 1. The summed E-state index contributed by atoms with van der Waals surface area (Å²) < 4.78 is 5.44. The van der Waals surface area contributed by atoms with Crippen LogP contribution in [0.25, 0.3) is 0 Å². The average molecular weight is 278 g/mol. The van der Waals surface area contributed by atoms with E-state index in [9.17, 15) is 9.59 Å². The van der Waals surface area contributed by atoms with Crippen LogP contribution in [0.5, 0.6) is 5.75 Å². The second-order valence-electron chi connectivity index (χ2n) is 4.72. The maximum Gasteiger partial charge on any atom is 0.326 e. The number of carbonyl (C=O) groups is 2. The Morgan fingerprint density at radius 1 is 1.50 bits per heavy atom. The van der Waals surface area contributed by atoms with Gasteiger partial charge in [0, 0.05) is 19.2 Å². The lowest BCUT2D eigenvalue weighted by Crippen LogP contribution is -2.40. The summed E-state index contributed by atoms with van der Waals surface area (Å²) in [5, 5.41) is 9.03. The predicted octanol–water partition coefficient (Wildman–Crippen LogP) is 1.32. The minimum absolute atomic E-state index is 0.107. The van der Waals surface area contributed by atoms with Crippen molar-refractivity contribution in [3.63, 3.8) is 0 Å². The van der Waals surface area contributed by atoms with Crippen LogP contribution in [0, 0.1) is 0 Å². The molecular weight excluding hydrogens is 260 g/mol. The van der Waals surface area contributed by atoms with Crippen LogP contribution in [0.3, 0.4) is 0 Å². The minimum Gasteiger partial charge on any atom is -0.492 e. The highest BCUT2D eigenvalue weighted by Gasteiger charge is 2.33. The lowest BCUT2D eigenvalue weighted by Gasteiger charge is -2.21. The topological polar surface area (TPSA) is 79.7 Å². The van der Waals surface area contributed by atoms with Crippen LogP contribution < -0.4 is 4.74 Å². The van der Waals surface area contributed by atoms with E-state index in [2.05, 4.69) is 4.98 Å². The molecule has 1 aromatic heterocycles. The molecule has 1 saturated heterocycles. The maximum atomic E-state index is 12.0. The van der Waals surface area contributed by atoms with Crippen LogP contribution in [0.4, 0.5) is 0 Å². The summed E-state index contributed by atoms with van der Waals surface area (Å²) in [5.74, 6) is -0.350. The fourth-order valence-electron chi connectivity index (χ4n) is 2.31. The van der Waals surface area contributed by atoms with E-state index in [1.54, 1.807) is 24.5 Å². The summed E-state index contributed by atoms with van der Waals surface area (Å²) in [6, 6.07) is 2.93. The summed E-state index contributed by atoms with van der Waals surface area (Å²) >= 11 is 0. The van der Waals surface area contributed by atoms with Gasteiger partial charge in [-0.1, -0.05) is 0 Å². The zero-order chi connectivity index (χ0) is 14.4.